The van der Waals surface area contributed by atoms with Crippen molar-refractivity contribution in [2.45, 2.75) is 43.3 Å². The van der Waals surface area contributed by atoms with Crippen LogP contribution in [0.15, 0.2) is 18.2 Å². The van der Waals surface area contributed by atoms with Gasteiger partial charge in [-0.1, -0.05) is 6.07 Å². The summed E-state index contributed by atoms with van der Waals surface area (Å²) in [6.07, 6.45) is -8.85. The molecule has 2 rings (SSSR count). The molecule has 1 fully saturated rings. The Morgan fingerprint density at radius 2 is 1.71 bits per heavy atom. The van der Waals surface area contributed by atoms with E-state index < -0.39 is 67.6 Å². The third-order valence-corrected chi connectivity index (χ3v) is 5.39. The van der Waals surface area contributed by atoms with E-state index >= 15 is 0 Å². The van der Waals surface area contributed by atoms with Gasteiger partial charge in [-0.15, -0.1) is 0 Å². The van der Waals surface area contributed by atoms with Gasteiger partial charge in [0.25, 0.3) is 19.4 Å². The number of carboxylic acids is 1. The van der Waals surface area contributed by atoms with Crippen molar-refractivity contribution in [1.82, 2.24) is 5.23 Å². The fraction of sp³-hybridized carbons (Fsp3) is 0.350. The van der Waals surface area contributed by atoms with E-state index in [0.29, 0.717) is 5.56 Å². The first-order valence-corrected chi connectivity index (χ1v) is 11.7. The van der Waals surface area contributed by atoms with Gasteiger partial charge in [0, 0.05) is 0 Å². The quantitative estimate of drug-likeness (QED) is 0.0701. The molecular formula is C20H25B3N4O14. The van der Waals surface area contributed by atoms with Crippen LogP contribution in [0.1, 0.15) is 5.56 Å². The number of carboxylic acid groups (broad SMARTS) is 1. The minimum Gasteiger partial charge on any atom is -0.479 e. The van der Waals surface area contributed by atoms with E-state index in [2.05, 4.69) is 10.5 Å². The first kappa shape index (κ1) is 32.6. The lowest BCUT2D eigenvalue weighted by Gasteiger charge is -2.41. The van der Waals surface area contributed by atoms with Crippen molar-refractivity contribution in [3.63, 3.8) is 0 Å². The van der Waals surface area contributed by atoms with Crippen LogP contribution < -0.4 is 26.7 Å². The standard InChI is InChI=1S/C20H25B3N4O14/c21-19(34)36-4-8-1-2-10(9(3-8)26-20(35)23-27-16(31)15(24)22-25)40-18-14(39-7-30)12(38-6-29)11(37-5-28)13(41-18)17(32)33/h1-3,5-7,11-15,18,22-23H,4,21,24-25H2,(H,26,35)(H,27,31)(H,32,33)/t11-,12-,13-,14+,15?,18+/m0/s1. The predicted molar refractivity (Wildman–Crippen MR) is 139 cm³/mol. The lowest BCUT2D eigenvalue weighted by molar-refractivity contribution is -0.276. The van der Waals surface area contributed by atoms with Gasteiger partial charge < -0.3 is 55.5 Å². The lowest BCUT2D eigenvalue weighted by Crippen LogP contribution is -2.63. The van der Waals surface area contributed by atoms with Crippen molar-refractivity contribution in [2.75, 3.05) is 5.32 Å². The molecule has 0 bridgehead atoms. The molecule has 18 nitrogen and oxygen atoms in total. The van der Waals surface area contributed by atoms with E-state index in [4.69, 9.17) is 39.8 Å². The molecule has 1 aromatic rings. The number of hydrogen-bond acceptors (Lipinski definition) is 15. The van der Waals surface area contributed by atoms with Crippen molar-refractivity contribution in [3.8, 4) is 5.75 Å². The summed E-state index contributed by atoms with van der Waals surface area (Å²) >= 11 is 0. The molecule has 1 unspecified atom stereocenters. The average molecular weight is 578 g/mol. The normalized spacial score (nSPS) is 22.0. The van der Waals surface area contributed by atoms with Gasteiger partial charge in [-0.05, 0) is 17.7 Å². The third-order valence-electron chi connectivity index (χ3n) is 5.39. The fourth-order valence-electron chi connectivity index (χ4n) is 3.52. The lowest BCUT2D eigenvalue weighted by atomic mass is 9.82. The molecule has 0 saturated carbocycles. The summed E-state index contributed by atoms with van der Waals surface area (Å²) in [6, 6.07) is 4.02. The molecule has 1 saturated heterocycles. The minimum atomic E-state index is -1.95. The van der Waals surface area contributed by atoms with Crippen molar-refractivity contribution in [2.24, 2.45) is 11.4 Å². The smallest absolute Gasteiger partial charge is 0.344 e. The number of aliphatic carboxylic acids is 1. The maximum absolute atomic E-state index is 12.6. The molecule has 1 aromatic carbocycles. The van der Waals surface area contributed by atoms with Crippen molar-refractivity contribution in [1.29, 1.82) is 0 Å². The zero-order valence-electron chi connectivity index (χ0n) is 21.5. The molecule has 0 aliphatic carbocycles. The second-order valence-corrected chi connectivity index (χ2v) is 8.19. The van der Waals surface area contributed by atoms with E-state index in [1.807, 2.05) is 0 Å². The Kier molecular flexibility index (Phi) is 12.6. The zero-order valence-corrected chi connectivity index (χ0v) is 21.5. The molecule has 0 radical (unpaired) electrons. The van der Waals surface area contributed by atoms with Gasteiger partial charge in [-0.2, -0.15) is 0 Å². The van der Waals surface area contributed by atoms with Crippen LogP contribution in [-0.2, 0) is 54.3 Å². The van der Waals surface area contributed by atoms with E-state index in [9.17, 15) is 38.7 Å². The monoisotopic (exact) mass is 578 g/mol. The number of rotatable bonds is 16. The molecular weight excluding hydrogens is 553 g/mol. The summed E-state index contributed by atoms with van der Waals surface area (Å²) in [5.74, 6) is -4.95. The number of amides is 2. The summed E-state index contributed by atoms with van der Waals surface area (Å²) in [6.45, 7) is -0.476. The maximum Gasteiger partial charge on any atom is 0.344 e. The van der Waals surface area contributed by atoms with Crippen LogP contribution in [0.5, 0.6) is 5.75 Å². The number of anilines is 1. The highest BCUT2D eigenvalue weighted by Crippen LogP contribution is 2.33. The Labute approximate surface area is 233 Å². The van der Waals surface area contributed by atoms with Gasteiger partial charge in [-0.25, -0.2) is 4.79 Å². The van der Waals surface area contributed by atoms with Gasteiger partial charge in [0.15, 0.2) is 24.1 Å². The van der Waals surface area contributed by atoms with Crippen molar-refractivity contribution in [3.05, 3.63) is 23.8 Å². The first-order chi connectivity index (χ1) is 19.6. The molecule has 1 aliphatic heterocycles. The van der Waals surface area contributed by atoms with Gasteiger partial charge >= 0.3 is 13.4 Å². The van der Waals surface area contributed by atoms with Crippen LogP contribution in [0.4, 0.5) is 15.3 Å². The fourth-order valence-corrected chi connectivity index (χ4v) is 3.52. The number of benzene rings is 1. The highest BCUT2D eigenvalue weighted by Gasteiger charge is 2.54. The van der Waals surface area contributed by atoms with Gasteiger partial charge in [-0.3, -0.25) is 28.8 Å². The van der Waals surface area contributed by atoms with Gasteiger partial charge in [0.05, 0.1) is 11.6 Å². The van der Waals surface area contributed by atoms with Crippen molar-refractivity contribution < 1.29 is 67.1 Å². The van der Waals surface area contributed by atoms with Crippen LogP contribution in [0.2, 0.25) is 0 Å². The summed E-state index contributed by atoms with van der Waals surface area (Å²) in [5, 5.41) is 14.4. The van der Waals surface area contributed by atoms with E-state index in [1.165, 1.54) is 26.0 Å². The molecule has 7 N–H and O–H groups in total. The Balaban J connectivity index is 2.42. The molecule has 218 valence electrons. The Hall–Kier alpha value is -4.62. The summed E-state index contributed by atoms with van der Waals surface area (Å²) < 4.78 is 30.6. The zero-order chi connectivity index (χ0) is 30.5. The number of carbonyl (C=O) groups excluding carboxylic acids is 6. The van der Waals surface area contributed by atoms with Crippen LogP contribution in [0, 0.1) is 0 Å². The molecule has 1 aliphatic rings. The summed E-state index contributed by atoms with van der Waals surface area (Å²) in [5.41, 5.74) is 11.1. The number of nitrogens with one attached hydrogen (secondary N) is 2. The number of hydrogen-bond donors (Lipinski definition) is 5. The number of nitrogens with two attached hydrogens (primary N) is 2. The highest BCUT2D eigenvalue weighted by atomic mass is 16.7. The average Bonchev–Trinajstić information content (AvgIpc) is 2.93. The van der Waals surface area contributed by atoms with Crippen LogP contribution in [0.25, 0.3) is 0 Å². The molecule has 6 atom stereocenters. The summed E-state index contributed by atoms with van der Waals surface area (Å²) in [7, 11) is 0.471. The number of ether oxygens (including phenoxy) is 6. The molecule has 0 aromatic heterocycles. The van der Waals surface area contributed by atoms with Crippen LogP contribution in [-0.4, -0.2) is 107 Å². The van der Waals surface area contributed by atoms with Crippen LogP contribution >= 0.6 is 0 Å². The largest absolute Gasteiger partial charge is 0.479 e. The highest BCUT2D eigenvalue weighted by molar-refractivity contribution is 6.75. The minimum absolute atomic E-state index is 0.0653. The Morgan fingerprint density at radius 3 is 2.29 bits per heavy atom. The van der Waals surface area contributed by atoms with Gasteiger partial charge in [0.2, 0.25) is 39.4 Å². The third kappa shape index (κ3) is 9.22. The molecule has 41 heavy (non-hydrogen) atoms. The van der Waals surface area contributed by atoms with E-state index in [-0.39, 0.29) is 44.9 Å². The second-order valence-electron chi connectivity index (χ2n) is 8.19. The van der Waals surface area contributed by atoms with E-state index in [1.54, 1.807) is 0 Å². The second kappa shape index (κ2) is 15.8. The first-order valence-electron chi connectivity index (χ1n) is 11.7. The SMILES string of the molecule is BC(=O)OCc1ccc(O[C@@H]2O[C@H](C(=O)O)[C@@H](OC=O)[C@H](OC=O)[C@H]2OC=O)c(NC(=O)BNC(=O)C(N)BN)c1. The van der Waals surface area contributed by atoms with Crippen LogP contribution in [0.3, 0.4) is 0 Å². The Bertz CT molecular complexity index is 1140. The molecule has 2 amide bonds. The number of carbonyl (C=O) groups is 7. The maximum atomic E-state index is 12.6. The molecule has 0 spiro atoms. The molecule has 21 heteroatoms. The van der Waals surface area contributed by atoms with Gasteiger partial charge in [0.1, 0.15) is 12.4 Å². The van der Waals surface area contributed by atoms with E-state index in [0.717, 1.165) is 0 Å². The van der Waals surface area contributed by atoms with Crippen molar-refractivity contribution >= 4 is 71.3 Å². The Morgan fingerprint density at radius 1 is 1.07 bits per heavy atom. The molecule has 1 heterocycles. The summed E-state index contributed by atoms with van der Waals surface area (Å²) in [4.78, 5) is 80.9. The predicted octanol–water partition coefficient (Wildman–Crippen LogP) is -4.64. The topological polar surface area (TPSA) is 271 Å².